The van der Waals surface area contributed by atoms with Crippen molar-refractivity contribution in [1.29, 1.82) is 0 Å². The molecular weight excluding hydrogens is 408 g/mol. The van der Waals surface area contributed by atoms with Gasteiger partial charge in [0.05, 0.1) is 0 Å². The molecule has 0 aromatic heterocycles. The summed E-state index contributed by atoms with van der Waals surface area (Å²) in [6.07, 6.45) is 5.89. The van der Waals surface area contributed by atoms with E-state index in [1.165, 1.54) is 33.4 Å². The van der Waals surface area contributed by atoms with Crippen molar-refractivity contribution in [1.82, 2.24) is 0 Å². The second-order valence-electron chi connectivity index (χ2n) is 8.35. The van der Waals surface area contributed by atoms with Crippen LogP contribution in [0.15, 0.2) is 65.8 Å². The van der Waals surface area contributed by atoms with Crippen molar-refractivity contribution in [3.63, 3.8) is 0 Å². The molecule has 0 aliphatic heterocycles. The monoisotopic (exact) mass is 433 g/mol. The van der Waals surface area contributed by atoms with Crippen molar-refractivity contribution in [2.45, 2.75) is 46.2 Å². The molecule has 0 spiro atoms. The topological polar surface area (TPSA) is 0 Å². The van der Waals surface area contributed by atoms with Gasteiger partial charge in [0.15, 0.2) is 0 Å². The van der Waals surface area contributed by atoms with Crippen LogP contribution < -0.4 is 0 Å². The second-order valence-corrected chi connectivity index (χ2v) is 17.7. The molecular formula is C24H27SiZr-. The Morgan fingerprint density at radius 3 is 2.35 bits per heavy atom. The third kappa shape index (κ3) is 4.12. The fourth-order valence-electron chi connectivity index (χ4n) is 3.73. The Labute approximate surface area is 173 Å². The molecule has 2 aliphatic rings. The standard InChI is InChI=1S/C22H21.C2H6Si.Zr/c1-22(2,3)16-13-12-15(14-16)21-19-10-6-4-8-17(19)18-9-5-7-11-20(18)21;1-3-2;/h4-10,13-14,21H,12H2,1-3H3;1-2H3;/q-1;;. The SMILES string of the molecule is CC(C)(C)C1=CCC(C2c3[c-]cccc3-c3ccccc32)=C1.C[Si](C)=[Zr]. The van der Waals surface area contributed by atoms with E-state index in [1.54, 1.807) is 23.3 Å². The summed E-state index contributed by atoms with van der Waals surface area (Å²) in [4.78, 5) is 0. The summed E-state index contributed by atoms with van der Waals surface area (Å²) in [5, 5.41) is 0. The van der Waals surface area contributed by atoms with E-state index < -0.39 is 0 Å². The van der Waals surface area contributed by atoms with Gasteiger partial charge in [-0.25, -0.2) is 0 Å². The molecule has 0 N–H and O–H groups in total. The number of benzene rings is 2. The molecule has 0 amide bonds. The molecule has 2 heteroatoms. The van der Waals surface area contributed by atoms with Gasteiger partial charge in [-0.3, -0.25) is 0 Å². The van der Waals surface area contributed by atoms with E-state index in [0.717, 1.165) is 6.42 Å². The van der Waals surface area contributed by atoms with Gasteiger partial charge in [-0.1, -0.05) is 68.3 Å². The minimum absolute atomic E-state index is 0.210. The molecule has 0 nitrogen and oxygen atoms in total. The van der Waals surface area contributed by atoms with Gasteiger partial charge in [0.25, 0.3) is 0 Å². The Morgan fingerprint density at radius 1 is 1.04 bits per heavy atom. The maximum atomic E-state index is 3.51. The third-order valence-electron chi connectivity index (χ3n) is 4.87. The van der Waals surface area contributed by atoms with Gasteiger partial charge in [-0.05, 0) is 23.0 Å². The molecule has 0 saturated carbocycles. The molecule has 4 rings (SSSR count). The van der Waals surface area contributed by atoms with Crippen LogP contribution in [0.25, 0.3) is 11.1 Å². The van der Waals surface area contributed by atoms with Gasteiger partial charge < -0.3 is 0 Å². The zero-order chi connectivity index (χ0) is 18.9. The van der Waals surface area contributed by atoms with Crippen molar-refractivity contribution in [3.8, 4) is 11.1 Å². The molecule has 132 valence electrons. The molecule has 0 heterocycles. The molecule has 26 heavy (non-hydrogen) atoms. The van der Waals surface area contributed by atoms with Crippen molar-refractivity contribution in [3.05, 3.63) is 83.0 Å². The predicted molar refractivity (Wildman–Crippen MR) is 110 cm³/mol. The fourth-order valence-corrected chi connectivity index (χ4v) is 3.73. The number of allylic oxidation sites excluding steroid dienone is 4. The molecule has 0 bridgehead atoms. The number of hydrogen-bond donors (Lipinski definition) is 0. The van der Waals surface area contributed by atoms with Crippen LogP contribution in [-0.4, -0.2) is 5.43 Å². The van der Waals surface area contributed by atoms with Gasteiger partial charge in [0.1, 0.15) is 0 Å². The van der Waals surface area contributed by atoms with E-state index in [0.29, 0.717) is 5.92 Å². The predicted octanol–water partition coefficient (Wildman–Crippen LogP) is 6.69. The maximum absolute atomic E-state index is 3.51. The van der Waals surface area contributed by atoms with Crippen LogP contribution in [0.5, 0.6) is 0 Å². The number of rotatable bonds is 1. The second kappa shape index (κ2) is 7.95. The first kappa shape index (κ1) is 19.8. The first-order valence-electron chi connectivity index (χ1n) is 9.32. The van der Waals surface area contributed by atoms with E-state index >= 15 is 0 Å². The van der Waals surface area contributed by atoms with E-state index in [4.69, 9.17) is 0 Å². The number of hydrogen-bond acceptors (Lipinski definition) is 0. The Bertz CT molecular complexity index is 847. The fraction of sp³-hybridized carbons (Fsp3) is 0.333. The zero-order valence-corrected chi connectivity index (χ0v) is 19.9. The van der Waals surface area contributed by atoms with E-state index in [1.807, 2.05) is 6.07 Å². The van der Waals surface area contributed by atoms with Crippen LogP contribution in [0.3, 0.4) is 0 Å². The van der Waals surface area contributed by atoms with Gasteiger partial charge in [-0.2, -0.15) is 24.3 Å². The van der Waals surface area contributed by atoms with Crippen molar-refractivity contribution in [2.24, 2.45) is 5.41 Å². The molecule has 0 radical (unpaired) electrons. The summed E-state index contributed by atoms with van der Waals surface area (Å²) in [6, 6.07) is 18.7. The van der Waals surface area contributed by atoms with Crippen LogP contribution >= 0.6 is 0 Å². The van der Waals surface area contributed by atoms with E-state index in [9.17, 15) is 0 Å². The summed E-state index contributed by atoms with van der Waals surface area (Å²) in [6.45, 7) is 11.5. The van der Waals surface area contributed by atoms with Crippen LogP contribution in [-0.2, 0) is 23.3 Å². The van der Waals surface area contributed by atoms with Crippen LogP contribution in [0.4, 0.5) is 0 Å². The van der Waals surface area contributed by atoms with Gasteiger partial charge >= 0.3 is 41.9 Å². The molecule has 2 aromatic rings. The Hall–Kier alpha value is -0.980. The summed E-state index contributed by atoms with van der Waals surface area (Å²) in [7, 11) is 0. The Kier molecular flexibility index (Phi) is 6.04. The molecule has 2 aromatic carbocycles. The molecule has 2 aliphatic carbocycles. The van der Waals surface area contributed by atoms with E-state index in [-0.39, 0.29) is 10.8 Å². The van der Waals surface area contributed by atoms with Gasteiger partial charge in [-0.15, -0.1) is 11.1 Å². The average molecular weight is 435 g/mol. The van der Waals surface area contributed by atoms with Crippen molar-refractivity contribution in [2.75, 3.05) is 0 Å². The summed E-state index contributed by atoms with van der Waals surface area (Å²) in [5.41, 5.74) is 8.93. The van der Waals surface area contributed by atoms with Crippen molar-refractivity contribution < 1.29 is 23.3 Å². The molecule has 0 fully saturated rings. The summed E-state index contributed by atoms with van der Waals surface area (Å²) < 4.78 is 0. The number of fused-ring (bicyclic) bond motifs is 3. The van der Waals surface area contributed by atoms with Gasteiger partial charge in [0, 0.05) is 5.92 Å². The Morgan fingerprint density at radius 2 is 1.69 bits per heavy atom. The van der Waals surface area contributed by atoms with E-state index in [2.05, 4.69) is 88.5 Å². The first-order valence-corrected chi connectivity index (χ1v) is 15.5. The summed E-state index contributed by atoms with van der Waals surface area (Å²) >= 11 is 1.74. The van der Waals surface area contributed by atoms with Gasteiger partial charge in [0.2, 0.25) is 0 Å². The third-order valence-corrected chi connectivity index (χ3v) is 4.87. The quantitative estimate of drug-likeness (QED) is 0.346. The average Bonchev–Trinajstić information content (AvgIpc) is 3.16. The zero-order valence-electron chi connectivity index (χ0n) is 16.5. The van der Waals surface area contributed by atoms with Crippen LogP contribution in [0, 0.1) is 11.5 Å². The molecule has 1 atom stereocenters. The molecule has 0 saturated heterocycles. The normalized spacial score (nSPS) is 17.5. The first-order chi connectivity index (χ1) is 12.3. The Balaban J connectivity index is 0.000000447. The minimum atomic E-state index is 0.210. The molecule has 1 unspecified atom stereocenters. The van der Waals surface area contributed by atoms with Crippen LogP contribution in [0.1, 0.15) is 44.2 Å². The van der Waals surface area contributed by atoms with Crippen LogP contribution in [0.2, 0.25) is 13.1 Å². The summed E-state index contributed by atoms with van der Waals surface area (Å²) in [5.74, 6) is 0.378. The van der Waals surface area contributed by atoms with Crippen molar-refractivity contribution >= 4 is 5.43 Å².